The van der Waals surface area contributed by atoms with Crippen LogP contribution in [0.15, 0.2) is 59.8 Å². The standard InChI is InChI=1S/C24H23N5O5S/c1-24(2)13-34-21-16(24)8-10-20(33-3)22(21)35(31,32)28-23(30)18-9-7-15-17(27-18)5-4-6-19(15)29-12-14(25)11-26-29/h4-12H,13,25H2,1-3H3,(H,28,30). The minimum atomic E-state index is -4.35. The minimum absolute atomic E-state index is 0.0639. The summed E-state index contributed by atoms with van der Waals surface area (Å²) in [6, 6.07) is 11.8. The van der Waals surface area contributed by atoms with E-state index >= 15 is 0 Å². The fraction of sp³-hybridized carbons (Fsp3) is 0.208. The first-order valence-electron chi connectivity index (χ1n) is 10.7. The normalized spacial score (nSPS) is 14.4. The van der Waals surface area contributed by atoms with Gasteiger partial charge in [-0.3, -0.25) is 4.79 Å². The number of aromatic nitrogens is 3. The molecule has 0 bridgehead atoms. The predicted octanol–water partition coefficient (Wildman–Crippen LogP) is 2.80. The topological polar surface area (TPSA) is 138 Å². The molecule has 35 heavy (non-hydrogen) atoms. The monoisotopic (exact) mass is 493 g/mol. The highest BCUT2D eigenvalue weighted by Crippen LogP contribution is 2.46. The van der Waals surface area contributed by atoms with Crippen molar-refractivity contribution < 1.29 is 22.7 Å². The number of benzene rings is 2. The lowest BCUT2D eigenvalue weighted by molar-refractivity contribution is 0.0977. The Balaban J connectivity index is 1.51. The van der Waals surface area contributed by atoms with Gasteiger partial charge in [0.15, 0.2) is 4.90 Å². The van der Waals surface area contributed by atoms with Gasteiger partial charge in [0.25, 0.3) is 15.9 Å². The van der Waals surface area contributed by atoms with E-state index in [1.165, 1.54) is 19.4 Å². The van der Waals surface area contributed by atoms with E-state index in [1.54, 1.807) is 41.2 Å². The second-order valence-corrected chi connectivity index (χ2v) is 10.5. The molecule has 4 aromatic rings. The summed E-state index contributed by atoms with van der Waals surface area (Å²) in [6.07, 6.45) is 3.19. The Kier molecular flexibility index (Phi) is 5.17. The van der Waals surface area contributed by atoms with Crippen LogP contribution in [0.1, 0.15) is 29.9 Å². The number of pyridine rings is 1. The lowest BCUT2D eigenvalue weighted by atomic mass is 9.87. The van der Waals surface area contributed by atoms with E-state index in [-0.39, 0.29) is 27.5 Å². The third kappa shape index (κ3) is 3.83. The van der Waals surface area contributed by atoms with Gasteiger partial charge < -0.3 is 15.2 Å². The van der Waals surface area contributed by atoms with Crippen LogP contribution >= 0.6 is 0 Å². The number of sulfonamides is 1. The zero-order valence-electron chi connectivity index (χ0n) is 19.3. The molecule has 2 aromatic heterocycles. The molecule has 0 spiro atoms. The van der Waals surface area contributed by atoms with E-state index in [2.05, 4.69) is 14.8 Å². The summed E-state index contributed by atoms with van der Waals surface area (Å²) in [4.78, 5) is 17.2. The van der Waals surface area contributed by atoms with Crippen molar-refractivity contribution in [3.8, 4) is 17.2 Å². The average Bonchev–Trinajstić information content (AvgIpc) is 3.39. The van der Waals surface area contributed by atoms with Gasteiger partial charge in [-0.15, -0.1) is 0 Å². The summed E-state index contributed by atoms with van der Waals surface area (Å²) >= 11 is 0. The second kappa shape index (κ2) is 7.98. The summed E-state index contributed by atoms with van der Waals surface area (Å²) in [5, 5.41) is 4.93. The molecule has 1 aliphatic rings. The third-order valence-corrected chi connectivity index (χ3v) is 7.27. The molecule has 0 radical (unpaired) electrons. The van der Waals surface area contributed by atoms with Crippen LogP contribution in [0.4, 0.5) is 5.69 Å². The number of anilines is 1. The van der Waals surface area contributed by atoms with Crippen molar-refractivity contribution in [1.82, 2.24) is 19.5 Å². The molecule has 1 amide bonds. The molecule has 0 fully saturated rings. The molecule has 3 heterocycles. The molecule has 2 aromatic carbocycles. The van der Waals surface area contributed by atoms with E-state index in [0.717, 1.165) is 11.3 Å². The van der Waals surface area contributed by atoms with Gasteiger partial charge in [0.05, 0.1) is 43.0 Å². The molecule has 5 rings (SSSR count). The number of carbonyl (C=O) groups excluding carboxylic acids is 1. The van der Waals surface area contributed by atoms with Crippen molar-refractivity contribution in [2.24, 2.45) is 0 Å². The number of nitrogens with two attached hydrogens (primary N) is 1. The maximum absolute atomic E-state index is 13.3. The summed E-state index contributed by atoms with van der Waals surface area (Å²) in [5.41, 5.74) is 7.77. The highest BCUT2D eigenvalue weighted by molar-refractivity contribution is 7.90. The largest absolute Gasteiger partial charge is 0.495 e. The van der Waals surface area contributed by atoms with E-state index < -0.39 is 15.9 Å². The van der Waals surface area contributed by atoms with Crippen LogP contribution in [0.2, 0.25) is 0 Å². The summed E-state index contributed by atoms with van der Waals surface area (Å²) in [6.45, 7) is 4.21. The molecule has 0 saturated heterocycles. The van der Waals surface area contributed by atoms with Crippen molar-refractivity contribution >= 4 is 32.5 Å². The van der Waals surface area contributed by atoms with Crippen molar-refractivity contribution in [2.45, 2.75) is 24.2 Å². The molecule has 10 nitrogen and oxygen atoms in total. The fourth-order valence-electron chi connectivity index (χ4n) is 4.13. The molecule has 11 heteroatoms. The summed E-state index contributed by atoms with van der Waals surface area (Å²) in [7, 11) is -2.99. The molecular weight excluding hydrogens is 470 g/mol. The van der Waals surface area contributed by atoms with Gasteiger partial charge in [0, 0.05) is 16.4 Å². The third-order valence-electron chi connectivity index (χ3n) is 5.89. The van der Waals surface area contributed by atoms with Crippen LogP contribution in [-0.2, 0) is 15.4 Å². The molecule has 0 atom stereocenters. The van der Waals surface area contributed by atoms with Crippen LogP contribution in [0.25, 0.3) is 16.6 Å². The number of amides is 1. The highest BCUT2D eigenvalue weighted by Gasteiger charge is 2.39. The number of hydrogen-bond donors (Lipinski definition) is 2. The van der Waals surface area contributed by atoms with Gasteiger partial charge >= 0.3 is 0 Å². The SMILES string of the molecule is COc1ccc2c(c1S(=O)(=O)NC(=O)c1ccc3c(-n4cc(N)cn4)cccc3n1)OCC2(C)C. The van der Waals surface area contributed by atoms with Crippen LogP contribution in [-0.4, -0.2) is 42.8 Å². The Hall–Kier alpha value is -4.12. The maximum Gasteiger partial charge on any atom is 0.283 e. The van der Waals surface area contributed by atoms with Crippen molar-refractivity contribution in [2.75, 3.05) is 19.5 Å². The first-order valence-corrected chi connectivity index (χ1v) is 12.2. The van der Waals surface area contributed by atoms with Crippen molar-refractivity contribution in [3.05, 3.63) is 66.1 Å². The Morgan fingerprint density at radius 3 is 2.71 bits per heavy atom. The zero-order chi connectivity index (χ0) is 25.0. The van der Waals surface area contributed by atoms with Gasteiger partial charge in [-0.05, 0) is 30.3 Å². The van der Waals surface area contributed by atoms with Gasteiger partial charge in [-0.1, -0.05) is 26.0 Å². The summed E-state index contributed by atoms with van der Waals surface area (Å²) < 4.78 is 41.4. The molecule has 0 saturated carbocycles. The van der Waals surface area contributed by atoms with E-state index in [4.69, 9.17) is 15.2 Å². The smallest absolute Gasteiger partial charge is 0.283 e. The number of nitrogens with one attached hydrogen (secondary N) is 1. The first kappa shape index (κ1) is 22.7. The Bertz CT molecular complexity index is 1590. The zero-order valence-corrected chi connectivity index (χ0v) is 20.1. The number of nitrogens with zero attached hydrogens (tertiary/aromatic N) is 3. The lowest BCUT2D eigenvalue weighted by Crippen LogP contribution is -2.31. The number of hydrogen-bond acceptors (Lipinski definition) is 8. The number of carbonyl (C=O) groups is 1. The van der Waals surface area contributed by atoms with E-state index in [1.807, 2.05) is 19.9 Å². The number of methoxy groups -OCH3 is 1. The van der Waals surface area contributed by atoms with Gasteiger partial charge in [-0.25, -0.2) is 22.8 Å². The number of rotatable bonds is 5. The number of nitrogen functional groups attached to an aromatic ring is 1. The molecule has 0 aliphatic carbocycles. The van der Waals surface area contributed by atoms with Gasteiger partial charge in [-0.2, -0.15) is 5.10 Å². The quantitative estimate of drug-likeness (QED) is 0.433. The Morgan fingerprint density at radius 2 is 2.00 bits per heavy atom. The number of ether oxygens (including phenoxy) is 2. The Morgan fingerprint density at radius 1 is 1.20 bits per heavy atom. The van der Waals surface area contributed by atoms with Crippen LogP contribution in [0.5, 0.6) is 11.5 Å². The molecule has 3 N–H and O–H groups in total. The number of fused-ring (bicyclic) bond motifs is 2. The van der Waals surface area contributed by atoms with Gasteiger partial charge in [0.1, 0.15) is 17.2 Å². The van der Waals surface area contributed by atoms with E-state index in [9.17, 15) is 13.2 Å². The first-order chi connectivity index (χ1) is 16.6. The van der Waals surface area contributed by atoms with E-state index in [0.29, 0.717) is 23.2 Å². The minimum Gasteiger partial charge on any atom is -0.495 e. The van der Waals surface area contributed by atoms with Crippen LogP contribution in [0.3, 0.4) is 0 Å². The Labute approximate surface area is 201 Å². The van der Waals surface area contributed by atoms with Crippen molar-refractivity contribution in [1.29, 1.82) is 0 Å². The predicted molar refractivity (Wildman–Crippen MR) is 129 cm³/mol. The molecule has 180 valence electrons. The summed E-state index contributed by atoms with van der Waals surface area (Å²) in [5.74, 6) is -0.613. The van der Waals surface area contributed by atoms with Crippen LogP contribution in [0, 0.1) is 0 Å². The molecule has 0 unspecified atom stereocenters. The average molecular weight is 494 g/mol. The highest BCUT2D eigenvalue weighted by atomic mass is 32.2. The van der Waals surface area contributed by atoms with Crippen molar-refractivity contribution in [3.63, 3.8) is 0 Å². The maximum atomic E-state index is 13.3. The second-order valence-electron chi connectivity index (χ2n) is 8.84. The fourth-order valence-corrected chi connectivity index (χ4v) is 5.41. The molecular formula is C24H23N5O5S. The van der Waals surface area contributed by atoms with Gasteiger partial charge in [0.2, 0.25) is 0 Å². The van der Waals surface area contributed by atoms with Crippen LogP contribution < -0.4 is 19.9 Å². The molecule has 1 aliphatic heterocycles. The lowest BCUT2D eigenvalue weighted by Gasteiger charge is -2.17.